The van der Waals surface area contributed by atoms with E-state index >= 15 is 0 Å². The minimum atomic E-state index is -0.772. The first kappa shape index (κ1) is 22.0. The smallest absolute Gasteiger partial charge is 0.262 e. The van der Waals surface area contributed by atoms with Crippen LogP contribution in [0.25, 0.3) is 0 Å². The zero-order chi connectivity index (χ0) is 21.2. The number of carbonyl (C=O) groups is 2. The largest absolute Gasteiger partial charge is 0.480 e. The predicted octanol–water partition coefficient (Wildman–Crippen LogP) is 3.26. The van der Waals surface area contributed by atoms with Crippen LogP contribution in [0.15, 0.2) is 53.6 Å². The number of ether oxygens (including phenoxy) is 1. The second kappa shape index (κ2) is 10.9. The normalized spacial score (nSPS) is 11.7. The van der Waals surface area contributed by atoms with Crippen LogP contribution in [0.4, 0.5) is 0 Å². The van der Waals surface area contributed by atoms with Gasteiger partial charge in [-0.3, -0.25) is 9.59 Å². The maximum atomic E-state index is 12.5. The molecule has 0 bridgehead atoms. The van der Waals surface area contributed by atoms with E-state index in [-0.39, 0.29) is 12.5 Å². The highest BCUT2D eigenvalue weighted by atomic mass is 35.5. The molecule has 0 aliphatic heterocycles. The lowest BCUT2D eigenvalue weighted by Crippen LogP contribution is -2.48. The summed E-state index contributed by atoms with van der Waals surface area (Å²) >= 11 is 5.92. The summed E-state index contributed by atoms with van der Waals surface area (Å²) in [7, 11) is 0. The Kier molecular flexibility index (Phi) is 8.26. The molecule has 6 nitrogen and oxygen atoms in total. The number of para-hydroxylation sites is 1. The van der Waals surface area contributed by atoms with Gasteiger partial charge in [-0.05, 0) is 36.2 Å². The van der Waals surface area contributed by atoms with Gasteiger partial charge in [0.1, 0.15) is 18.4 Å². The summed E-state index contributed by atoms with van der Waals surface area (Å²) in [4.78, 5) is 25.0. The standard InChI is InChI=1S/C22H22ClN3O3/c1-4-12-29-19-11-6-5-8-17(19)14-24-26-22(28)20(15(2)3)25-21(27)16-9-7-10-18(23)13-16/h1,5-11,13-15,20H,12H2,2-3H3,(H,25,27)(H,26,28). The van der Waals surface area contributed by atoms with Crippen molar-refractivity contribution in [3.63, 3.8) is 0 Å². The second-order valence-electron chi connectivity index (χ2n) is 6.47. The molecule has 150 valence electrons. The Balaban J connectivity index is 2.04. The number of benzene rings is 2. The van der Waals surface area contributed by atoms with Gasteiger partial charge >= 0.3 is 0 Å². The molecule has 0 aromatic heterocycles. The van der Waals surface area contributed by atoms with Crippen molar-refractivity contribution in [3.05, 3.63) is 64.7 Å². The molecule has 2 aromatic carbocycles. The maximum Gasteiger partial charge on any atom is 0.262 e. The highest BCUT2D eigenvalue weighted by Crippen LogP contribution is 2.15. The van der Waals surface area contributed by atoms with Crippen LogP contribution in [-0.4, -0.2) is 30.7 Å². The molecule has 0 fully saturated rings. The highest BCUT2D eigenvalue weighted by Gasteiger charge is 2.24. The predicted molar refractivity (Wildman–Crippen MR) is 114 cm³/mol. The number of halogens is 1. The summed E-state index contributed by atoms with van der Waals surface area (Å²) in [6, 6.07) is 12.9. The summed E-state index contributed by atoms with van der Waals surface area (Å²) in [5.74, 6) is 1.97. The zero-order valence-electron chi connectivity index (χ0n) is 16.2. The molecule has 7 heteroatoms. The quantitative estimate of drug-likeness (QED) is 0.397. The van der Waals surface area contributed by atoms with Crippen molar-refractivity contribution >= 4 is 29.6 Å². The SMILES string of the molecule is C#CCOc1ccccc1C=NNC(=O)C(NC(=O)c1cccc(Cl)c1)C(C)C. The molecule has 0 spiro atoms. The van der Waals surface area contributed by atoms with Crippen LogP contribution in [0.3, 0.4) is 0 Å². The van der Waals surface area contributed by atoms with Crippen molar-refractivity contribution in [2.45, 2.75) is 19.9 Å². The fraction of sp³-hybridized carbons (Fsp3) is 0.227. The molecule has 2 N–H and O–H groups in total. The summed E-state index contributed by atoms with van der Waals surface area (Å²) in [6.07, 6.45) is 6.67. The van der Waals surface area contributed by atoms with Crippen LogP contribution in [0, 0.1) is 18.3 Å². The zero-order valence-corrected chi connectivity index (χ0v) is 16.9. The van der Waals surface area contributed by atoms with Crippen LogP contribution < -0.4 is 15.5 Å². The number of hydrogen-bond acceptors (Lipinski definition) is 4. The number of nitrogens with zero attached hydrogens (tertiary/aromatic N) is 1. The number of hydrazone groups is 1. The molecule has 0 radical (unpaired) electrons. The fourth-order valence-corrected chi connectivity index (χ4v) is 2.65. The molecule has 2 aromatic rings. The Morgan fingerprint density at radius 3 is 2.69 bits per heavy atom. The van der Waals surface area contributed by atoms with Gasteiger partial charge in [0.15, 0.2) is 0 Å². The van der Waals surface area contributed by atoms with Gasteiger partial charge in [-0.25, -0.2) is 5.43 Å². The molecular formula is C22H22ClN3O3. The highest BCUT2D eigenvalue weighted by molar-refractivity contribution is 6.31. The number of terminal acetylenes is 1. The number of rotatable bonds is 8. The minimum Gasteiger partial charge on any atom is -0.480 e. The van der Waals surface area contributed by atoms with Gasteiger partial charge < -0.3 is 10.1 Å². The first-order valence-electron chi connectivity index (χ1n) is 8.97. The van der Waals surface area contributed by atoms with Crippen molar-refractivity contribution in [2.24, 2.45) is 11.0 Å². The molecule has 1 unspecified atom stereocenters. The lowest BCUT2D eigenvalue weighted by Gasteiger charge is -2.20. The Morgan fingerprint density at radius 1 is 1.24 bits per heavy atom. The third kappa shape index (κ3) is 6.66. The summed E-state index contributed by atoms with van der Waals surface area (Å²) in [6.45, 7) is 3.78. The van der Waals surface area contributed by atoms with E-state index in [9.17, 15) is 9.59 Å². The van der Waals surface area contributed by atoms with E-state index in [0.717, 1.165) is 0 Å². The summed E-state index contributed by atoms with van der Waals surface area (Å²) in [5.41, 5.74) is 3.49. The van der Waals surface area contributed by atoms with Crippen molar-refractivity contribution < 1.29 is 14.3 Å². The van der Waals surface area contributed by atoms with Gasteiger partial charge in [0.05, 0.1) is 6.21 Å². The maximum absolute atomic E-state index is 12.5. The Labute approximate surface area is 175 Å². The third-order valence-electron chi connectivity index (χ3n) is 3.93. The van der Waals surface area contributed by atoms with Gasteiger partial charge in [-0.2, -0.15) is 5.10 Å². The first-order valence-corrected chi connectivity index (χ1v) is 9.34. The number of hydrogen-bond donors (Lipinski definition) is 2. The van der Waals surface area contributed by atoms with Crippen molar-refractivity contribution in [2.75, 3.05) is 6.61 Å². The van der Waals surface area contributed by atoms with Crippen molar-refractivity contribution in [3.8, 4) is 18.1 Å². The molecule has 0 aliphatic rings. The minimum absolute atomic E-state index is 0.127. The van der Waals surface area contributed by atoms with E-state index in [4.69, 9.17) is 22.8 Å². The molecule has 0 aliphatic carbocycles. The van der Waals surface area contributed by atoms with Gasteiger partial charge in [0.2, 0.25) is 0 Å². The summed E-state index contributed by atoms with van der Waals surface area (Å²) in [5, 5.41) is 7.14. The second-order valence-corrected chi connectivity index (χ2v) is 6.91. The van der Waals surface area contributed by atoms with Gasteiger partial charge in [-0.1, -0.05) is 49.6 Å². The number of nitrogens with one attached hydrogen (secondary N) is 2. The molecule has 0 heterocycles. The van der Waals surface area contributed by atoms with Crippen LogP contribution in [0.1, 0.15) is 29.8 Å². The third-order valence-corrected chi connectivity index (χ3v) is 4.17. The molecular weight excluding hydrogens is 390 g/mol. The lowest BCUT2D eigenvalue weighted by atomic mass is 10.0. The Bertz CT molecular complexity index is 935. The van der Waals surface area contributed by atoms with E-state index in [2.05, 4.69) is 21.8 Å². The van der Waals surface area contributed by atoms with Crippen LogP contribution in [-0.2, 0) is 4.79 Å². The average molecular weight is 412 g/mol. The fourth-order valence-electron chi connectivity index (χ4n) is 2.46. The molecule has 0 saturated heterocycles. The van der Waals surface area contributed by atoms with E-state index in [1.807, 2.05) is 26.0 Å². The van der Waals surface area contributed by atoms with E-state index in [0.29, 0.717) is 21.9 Å². The Hall–Kier alpha value is -3.30. The van der Waals surface area contributed by atoms with Gasteiger partial charge in [-0.15, -0.1) is 6.42 Å². The monoisotopic (exact) mass is 411 g/mol. The van der Waals surface area contributed by atoms with Crippen LogP contribution in [0.2, 0.25) is 5.02 Å². The van der Waals surface area contributed by atoms with Crippen LogP contribution >= 0.6 is 11.6 Å². The Morgan fingerprint density at radius 2 is 2.00 bits per heavy atom. The molecule has 0 saturated carbocycles. The number of amides is 2. The van der Waals surface area contributed by atoms with E-state index in [1.54, 1.807) is 30.3 Å². The molecule has 2 amide bonds. The van der Waals surface area contributed by atoms with Crippen molar-refractivity contribution in [1.82, 2.24) is 10.7 Å². The lowest BCUT2D eigenvalue weighted by molar-refractivity contribution is -0.123. The van der Waals surface area contributed by atoms with Gasteiger partial charge in [0.25, 0.3) is 11.8 Å². The topological polar surface area (TPSA) is 79.8 Å². The van der Waals surface area contributed by atoms with E-state index < -0.39 is 17.9 Å². The average Bonchev–Trinajstić information content (AvgIpc) is 2.70. The van der Waals surface area contributed by atoms with E-state index in [1.165, 1.54) is 12.3 Å². The molecule has 29 heavy (non-hydrogen) atoms. The molecule has 2 rings (SSSR count). The number of carbonyl (C=O) groups excluding carboxylic acids is 2. The van der Waals surface area contributed by atoms with Gasteiger partial charge in [0, 0.05) is 16.1 Å². The summed E-state index contributed by atoms with van der Waals surface area (Å²) < 4.78 is 5.43. The first-order chi connectivity index (χ1) is 13.9. The molecule has 1 atom stereocenters. The van der Waals surface area contributed by atoms with Crippen LogP contribution in [0.5, 0.6) is 5.75 Å². The van der Waals surface area contributed by atoms with Crippen molar-refractivity contribution in [1.29, 1.82) is 0 Å².